The Morgan fingerprint density at radius 1 is 1.00 bits per heavy atom. The first-order valence-corrected chi connectivity index (χ1v) is 11.4. The molecule has 1 aliphatic heterocycles. The molecule has 1 fully saturated rings. The average molecular weight is 470 g/mol. The zero-order valence-electron chi connectivity index (χ0n) is 20.6. The second kappa shape index (κ2) is 10.7. The lowest BCUT2D eigenvalue weighted by Crippen LogP contribution is -3.06. The molecule has 182 valence electrons. The van der Waals surface area contributed by atoms with Crippen LogP contribution >= 0.6 is 0 Å². The Labute approximate surface area is 200 Å². The van der Waals surface area contributed by atoms with Crippen LogP contribution in [0.2, 0.25) is 0 Å². The molecule has 34 heavy (non-hydrogen) atoms. The number of amides is 1. The Kier molecular flexibility index (Phi) is 7.94. The fourth-order valence-corrected chi connectivity index (χ4v) is 4.30. The average Bonchev–Trinajstić information content (AvgIpc) is 3.07. The van der Waals surface area contributed by atoms with E-state index in [-0.39, 0.29) is 5.78 Å². The molecule has 2 unspecified atom stereocenters. The van der Waals surface area contributed by atoms with Gasteiger partial charge in [-0.3, -0.25) is 14.4 Å². The maximum absolute atomic E-state index is 13.6. The number of nitrogens with one attached hydrogen (secondary N) is 1. The minimum Gasteiger partial charge on any atom is -0.496 e. The SMILES string of the molecule is CCOc1ccc(C2C(C(=O)c3ccc(OC)c(C)c3)C(=O)C(=O)N2CC[NH+](C)C)cc1OC. The molecule has 2 aromatic carbocycles. The highest BCUT2D eigenvalue weighted by Gasteiger charge is 2.51. The maximum atomic E-state index is 13.6. The van der Waals surface area contributed by atoms with Gasteiger partial charge in [0.25, 0.3) is 5.91 Å². The third kappa shape index (κ3) is 4.92. The van der Waals surface area contributed by atoms with E-state index in [0.717, 1.165) is 10.5 Å². The second-order valence-corrected chi connectivity index (χ2v) is 8.63. The summed E-state index contributed by atoms with van der Waals surface area (Å²) in [6, 6.07) is 9.58. The van der Waals surface area contributed by atoms with Gasteiger partial charge in [-0.25, -0.2) is 0 Å². The molecule has 1 amide bonds. The summed E-state index contributed by atoms with van der Waals surface area (Å²) in [7, 11) is 7.03. The molecule has 0 saturated carbocycles. The maximum Gasteiger partial charge on any atom is 0.291 e. The van der Waals surface area contributed by atoms with Crippen LogP contribution in [0.1, 0.15) is 34.5 Å². The van der Waals surface area contributed by atoms with Gasteiger partial charge in [-0.1, -0.05) is 6.07 Å². The molecule has 8 nitrogen and oxygen atoms in total. The van der Waals surface area contributed by atoms with E-state index in [1.165, 1.54) is 12.0 Å². The summed E-state index contributed by atoms with van der Waals surface area (Å²) in [4.78, 5) is 42.6. The first kappa shape index (κ1) is 25.2. The summed E-state index contributed by atoms with van der Waals surface area (Å²) >= 11 is 0. The number of hydrogen-bond donors (Lipinski definition) is 1. The Morgan fingerprint density at radius 3 is 2.26 bits per heavy atom. The Balaban J connectivity index is 2.09. The summed E-state index contributed by atoms with van der Waals surface area (Å²) < 4.78 is 16.4. The largest absolute Gasteiger partial charge is 0.496 e. The smallest absolute Gasteiger partial charge is 0.291 e. The number of carbonyl (C=O) groups excluding carboxylic acids is 3. The lowest BCUT2D eigenvalue weighted by Gasteiger charge is -2.28. The molecule has 3 rings (SSSR count). The fraction of sp³-hybridized carbons (Fsp3) is 0.423. The van der Waals surface area contributed by atoms with Crippen molar-refractivity contribution in [3.63, 3.8) is 0 Å². The van der Waals surface area contributed by atoms with Crippen LogP contribution in [0.4, 0.5) is 0 Å². The monoisotopic (exact) mass is 469 g/mol. The molecule has 1 saturated heterocycles. The van der Waals surface area contributed by atoms with Gasteiger partial charge >= 0.3 is 0 Å². The van der Waals surface area contributed by atoms with Crippen molar-refractivity contribution in [2.75, 3.05) is 48.0 Å². The van der Waals surface area contributed by atoms with Crippen LogP contribution in [-0.4, -0.2) is 70.4 Å². The van der Waals surface area contributed by atoms with E-state index in [1.54, 1.807) is 43.5 Å². The number of quaternary nitrogens is 1. The Morgan fingerprint density at radius 2 is 1.68 bits per heavy atom. The number of methoxy groups -OCH3 is 2. The molecule has 0 aliphatic carbocycles. The van der Waals surface area contributed by atoms with Gasteiger partial charge in [0.1, 0.15) is 11.7 Å². The van der Waals surface area contributed by atoms with E-state index < -0.39 is 23.7 Å². The normalized spacial score (nSPS) is 17.9. The van der Waals surface area contributed by atoms with Crippen LogP contribution in [0.25, 0.3) is 0 Å². The number of benzene rings is 2. The van der Waals surface area contributed by atoms with Gasteiger partial charge in [-0.2, -0.15) is 0 Å². The summed E-state index contributed by atoms with van der Waals surface area (Å²) in [5.41, 5.74) is 1.79. The predicted molar refractivity (Wildman–Crippen MR) is 127 cm³/mol. The fourth-order valence-electron chi connectivity index (χ4n) is 4.30. The standard InChI is InChI=1S/C26H32N2O6/c1-7-34-20-11-8-17(15-21(20)33-6)23-22(25(30)26(31)28(23)13-12-27(3)4)24(29)18-9-10-19(32-5)16(2)14-18/h8-11,14-15,22-23H,7,12-13H2,1-6H3/p+1. The van der Waals surface area contributed by atoms with Gasteiger partial charge in [0, 0.05) is 5.56 Å². The van der Waals surface area contributed by atoms with Crippen LogP contribution in [0.5, 0.6) is 17.2 Å². The molecule has 1 heterocycles. The van der Waals surface area contributed by atoms with Crippen molar-refractivity contribution in [2.24, 2.45) is 5.92 Å². The van der Waals surface area contributed by atoms with Crippen molar-refractivity contribution < 1.29 is 33.5 Å². The van der Waals surface area contributed by atoms with E-state index in [9.17, 15) is 14.4 Å². The summed E-state index contributed by atoms with van der Waals surface area (Å²) in [5, 5.41) is 0. The molecule has 2 atom stereocenters. The summed E-state index contributed by atoms with van der Waals surface area (Å²) in [5.74, 6) is -1.18. The number of Topliss-reactive ketones (excluding diaryl/α,β-unsaturated/α-hetero) is 2. The number of nitrogens with zero attached hydrogens (tertiary/aromatic N) is 1. The second-order valence-electron chi connectivity index (χ2n) is 8.63. The number of likely N-dealkylation sites (tertiary alicyclic amines) is 1. The number of likely N-dealkylation sites (N-methyl/N-ethyl adjacent to an activating group) is 1. The Bertz CT molecular complexity index is 1080. The number of rotatable bonds is 10. The van der Waals surface area contributed by atoms with E-state index in [4.69, 9.17) is 14.2 Å². The van der Waals surface area contributed by atoms with Crippen LogP contribution in [-0.2, 0) is 9.59 Å². The molecule has 0 bridgehead atoms. The highest BCUT2D eigenvalue weighted by molar-refractivity contribution is 6.44. The van der Waals surface area contributed by atoms with Crippen LogP contribution < -0.4 is 19.1 Å². The third-order valence-electron chi connectivity index (χ3n) is 6.05. The van der Waals surface area contributed by atoms with Crippen molar-refractivity contribution in [1.82, 2.24) is 4.90 Å². The zero-order chi connectivity index (χ0) is 25.0. The number of aryl methyl sites for hydroxylation is 1. The van der Waals surface area contributed by atoms with E-state index in [1.807, 2.05) is 27.9 Å². The van der Waals surface area contributed by atoms with Gasteiger partial charge in [0.15, 0.2) is 17.3 Å². The highest BCUT2D eigenvalue weighted by atomic mass is 16.5. The summed E-state index contributed by atoms with van der Waals surface area (Å²) in [6.45, 7) is 5.15. The predicted octanol–water partition coefficient (Wildman–Crippen LogP) is 1.51. The molecule has 0 aromatic heterocycles. The molecule has 0 radical (unpaired) electrons. The van der Waals surface area contributed by atoms with Crippen molar-refractivity contribution in [1.29, 1.82) is 0 Å². The van der Waals surface area contributed by atoms with Crippen molar-refractivity contribution in [2.45, 2.75) is 19.9 Å². The van der Waals surface area contributed by atoms with Crippen molar-refractivity contribution in [3.05, 3.63) is 53.1 Å². The highest BCUT2D eigenvalue weighted by Crippen LogP contribution is 2.41. The summed E-state index contributed by atoms with van der Waals surface area (Å²) in [6.07, 6.45) is 0. The van der Waals surface area contributed by atoms with Gasteiger partial charge < -0.3 is 24.0 Å². The molecule has 1 aliphatic rings. The molecular formula is C26H33N2O6+. The minimum atomic E-state index is -1.15. The van der Waals surface area contributed by atoms with Crippen LogP contribution in [0, 0.1) is 12.8 Å². The van der Waals surface area contributed by atoms with Crippen molar-refractivity contribution in [3.8, 4) is 17.2 Å². The first-order valence-electron chi connectivity index (χ1n) is 11.4. The Hall–Kier alpha value is -3.39. The molecule has 8 heteroatoms. The lowest BCUT2D eigenvalue weighted by molar-refractivity contribution is -0.857. The number of hydrogen-bond acceptors (Lipinski definition) is 6. The van der Waals surface area contributed by atoms with Gasteiger partial charge in [0.05, 0.1) is 54.1 Å². The number of carbonyl (C=O) groups is 3. The number of ether oxygens (including phenoxy) is 3. The van der Waals surface area contributed by atoms with Crippen LogP contribution in [0.3, 0.4) is 0 Å². The first-order chi connectivity index (χ1) is 16.2. The topological polar surface area (TPSA) is 86.6 Å². The third-order valence-corrected chi connectivity index (χ3v) is 6.05. The molecule has 2 aromatic rings. The zero-order valence-corrected chi connectivity index (χ0v) is 20.6. The van der Waals surface area contributed by atoms with Crippen LogP contribution in [0.15, 0.2) is 36.4 Å². The van der Waals surface area contributed by atoms with Crippen molar-refractivity contribution >= 4 is 17.5 Å². The number of ketones is 2. The molecule has 1 N–H and O–H groups in total. The van der Waals surface area contributed by atoms with Gasteiger partial charge in [-0.15, -0.1) is 0 Å². The van der Waals surface area contributed by atoms with E-state index in [0.29, 0.717) is 48.1 Å². The van der Waals surface area contributed by atoms with Gasteiger partial charge in [-0.05, 0) is 55.3 Å². The quantitative estimate of drug-likeness (QED) is 0.323. The van der Waals surface area contributed by atoms with E-state index >= 15 is 0 Å². The molecular weight excluding hydrogens is 436 g/mol. The van der Waals surface area contributed by atoms with E-state index in [2.05, 4.69) is 0 Å². The molecule has 0 spiro atoms. The van der Waals surface area contributed by atoms with Gasteiger partial charge in [0.2, 0.25) is 5.78 Å². The minimum absolute atomic E-state index is 0.346. The lowest BCUT2D eigenvalue weighted by atomic mass is 9.85.